The van der Waals surface area contributed by atoms with Crippen LogP contribution in [0.3, 0.4) is 0 Å². The van der Waals surface area contributed by atoms with E-state index in [1.165, 1.54) is 0 Å². The fourth-order valence-corrected chi connectivity index (χ4v) is 3.39. The number of hydrogen-bond acceptors (Lipinski definition) is 4. The Morgan fingerprint density at radius 1 is 1.19 bits per heavy atom. The Morgan fingerprint density at radius 3 is 2.54 bits per heavy atom. The Bertz CT molecular complexity index is 750. The zero-order chi connectivity index (χ0) is 18.0. The van der Waals surface area contributed by atoms with Crippen LogP contribution in [-0.4, -0.2) is 51.8 Å². The molecule has 26 heavy (non-hydrogen) atoms. The fraction of sp³-hybridized carbons (Fsp3) is 0.471. The van der Waals surface area contributed by atoms with Crippen molar-refractivity contribution >= 4 is 41.5 Å². The molecule has 3 rings (SSSR count). The van der Waals surface area contributed by atoms with Crippen LogP contribution in [-0.2, 0) is 0 Å². The van der Waals surface area contributed by atoms with Crippen molar-refractivity contribution in [3.8, 4) is 5.69 Å². The van der Waals surface area contributed by atoms with Crippen LogP contribution in [0, 0.1) is 0 Å². The molecular weight excluding hydrogens is 397 g/mol. The van der Waals surface area contributed by atoms with Crippen molar-refractivity contribution in [1.29, 1.82) is 0 Å². The van der Waals surface area contributed by atoms with E-state index in [9.17, 15) is 4.79 Å². The van der Waals surface area contributed by atoms with Gasteiger partial charge in [0.05, 0.1) is 10.0 Å². The van der Waals surface area contributed by atoms with E-state index in [2.05, 4.69) is 15.4 Å². The fourth-order valence-electron chi connectivity index (χ4n) is 2.83. The number of para-hydroxylation sites is 1. The normalized spacial score (nSPS) is 14.9. The van der Waals surface area contributed by atoms with Crippen molar-refractivity contribution in [3.05, 3.63) is 39.9 Å². The Kier molecular flexibility index (Phi) is 7.29. The summed E-state index contributed by atoms with van der Waals surface area (Å²) in [6, 6.07) is 5.27. The summed E-state index contributed by atoms with van der Waals surface area (Å²) in [5, 5.41) is 8.68. The molecular formula is C17H22Cl3N5O. The maximum Gasteiger partial charge on any atom is 0.293 e. The number of amides is 1. The second kappa shape index (κ2) is 9.04. The van der Waals surface area contributed by atoms with Gasteiger partial charge in [-0.3, -0.25) is 4.79 Å². The molecule has 1 N–H and O–H groups in total. The second-order valence-electron chi connectivity index (χ2n) is 6.33. The van der Waals surface area contributed by atoms with Crippen LogP contribution in [0.1, 0.15) is 42.6 Å². The smallest absolute Gasteiger partial charge is 0.293 e. The predicted octanol–water partition coefficient (Wildman–Crippen LogP) is 3.55. The minimum Gasteiger partial charge on any atom is -0.335 e. The third kappa shape index (κ3) is 4.31. The number of nitrogens with one attached hydrogen (secondary N) is 1. The minimum atomic E-state index is -0.160. The maximum atomic E-state index is 12.8. The molecule has 6 nitrogen and oxygen atoms in total. The number of halogens is 3. The zero-order valence-electron chi connectivity index (χ0n) is 14.7. The second-order valence-corrected chi connectivity index (χ2v) is 7.14. The number of carbonyl (C=O) groups excluding carboxylic acids is 1. The van der Waals surface area contributed by atoms with Gasteiger partial charge in [0.2, 0.25) is 5.82 Å². The highest BCUT2D eigenvalue weighted by atomic mass is 35.5. The third-order valence-corrected chi connectivity index (χ3v) is 4.73. The van der Waals surface area contributed by atoms with Crippen molar-refractivity contribution in [3.63, 3.8) is 0 Å². The van der Waals surface area contributed by atoms with E-state index < -0.39 is 0 Å². The molecule has 1 saturated heterocycles. The van der Waals surface area contributed by atoms with Gasteiger partial charge in [0.15, 0.2) is 0 Å². The molecule has 0 radical (unpaired) electrons. The molecule has 1 aromatic heterocycles. The van der Waals surface area contributed by atoms with Crippen LogP contribution >= 0.6 is 35.6 Å². The summed E-state index contributed by atoms with van der Waals surface area (Å²) in [5.74, 6) is 0.743. The maximum absolute atomic E-state index is 12.8. The largest absolute Gasteiger partial charge is 0.335 e. The summed E-state index contributed by atoms with van der Waals surface area (Å²) in [7, 11) is 0. The first-order valence-electron chi connectivity index (χ1n) is 8.40. The third-order valence-electron chi connectivity index (χ3n) is 4.12. The highest BCUT2D eigenvalue weighted by molar-refractivity contribution is 6.37. The van der Waals surface area contributed by atoms with Crippen LogP contribution < -0.4 is 5.32 Å². The van der Waals surface area contributed by atoms with Gasteiger partial charge in [-0.25, -0.2) is 9.67 Å². The number of rotatable bonds is 3. The summed E-state index contributed by atoms with van der Waals surface area (Å²) < 4.78 is 1.60. The van der Waals surface area contributed by atoms with E-state index in [0.29, 0.717) is 34.6 Å². The Hall–Kier alpha value is -1.34. The topological polar surface area (TPSA) is 63.1 Å². The van der Waals surface area contributed by atoms with Gasteiger partial charge in [-0.2, -0.15) is 0 Å². The van der Waals surface area contributed by atoms with Gasteiger partial charge in [0.1, 0.15) is 11.5 Å². The Morgan fingerprint density at radius 2 is 1.88 bits per heavy atom. The average Bonchev–Trinajstić information content (AvgIpc) is 2.82. The quantitative estimate of drug-likeness (QED) is 0.828. The first-order valence-corrected chi connectivity index (χ1v) is 9.16. The van der Waals surface area contributed by atoms with Crippen LogP contribution in [0.4, 0.5) is 0 Å². The van der Waals surface area contributed by atoms with E-state index in [-0.39, 0.29) is 30.1 Å². The van der Waals surface area contributed by atoms with E-state index in [1.807, 2.05) is 13.8 Å². The molecule has 9 heteroatoms. The van der Waals surface area contributed by atoms with Crippen LogP contribution in [0.5, 0.6) is 0 Å². The summed E-state index contributed by atoms with van der Waals surface area (Å²) >= 11 is 12.6. The Labute approximate surface area is 169 Å². The minimum absolute atomic E-state index is 0. The molecule has 0 spiro atoms. The molecule has 1 aliphatic rings. The number of carbonyl (C=O) groups is 1. The van der Waals surface area contributed by atoms with Crippen molar-refractivity contribution < 1.29 is 4.79 Å². The van der Waals surface area contributed by atoms with Crippen LogP contribution in [0.2, 0.25) is 10.0 Å². The molecule has 0 aliphatic carbocycles. The van der Waals surface area contributed by atoms with Gasteiger partial charge in [-0.15, -0.1) is 17.5 Å². The highest BCUT2D eigenvalue weighted by Gasteiger charge is 2.25. The predicted molar refractivity (Wildman–Crippen MR) is 106 cm³/mol. The molecule has 0 saturated carbocycles. The van der Waals surface area contributed by atoms with E-state index in [0.717, 1.165) is 19.5 Å². The van der Waals surface area contributed by atoms with E-state index >= 15 is 0 Å². The SMILES string of the molecule is CC(C)c1nc(C(=O)N2CCCNCC2)nn1-c1c(Cl)cccc1Cl.Cl. The number of aromatic nitrogens is 3. The van der Waals surface area contributed by atoms with Crippen molar-refractivity contribution in [2.45, 2.75) is 26.2 Å². The molecule has 1 amide bonds. The molecule has 1 aromatic carbocycles. The lowest BCUT2D eigenvalue weighted by atomic mass is 10.2. The van der Waals surface area contributed by atoms with Gasteiger partial charge in [0, 0.05) is 25.6 Å². The molecule has 142 valence electrons. The first-order chi connectivity index (χ1) is 12.0. The van der Waals surface area contributed by atoms with E-state index in [1.54, 1.807) is 27.8 Å². The lowest BCUT2D eigenvalue weighted by Crippen LogP contribution is -2.34. The van der Waals surface area contributed by atoms with Crippen LogP contribution in [0.25, 0.3) is 5.69 Å². The summed E-state index contributed by atoms with van der Waals surface area (Å²) in [4.78, 5) is 19.1. The lowest BCUT2D eigenvalue weighted by Gasteiger charge is -2.17. The van der Waals surface area contributed by atoms with Gasteiger partial charge in [0.25, 0.3) is 5.91 Å². The molecule has 1 aliphatic heterocycles. The number of hydrogen-bond donors (Lipinski definition) is 1. The Balaban J connectivity index is 0.00000243. The summed E-state index contributed by atoms with van der Waals surface area (Å²) in [6.07, 6.45) is 0.916. The summed E-state index contributed by atoms with van der Waals surface area (Å²) in [6.45, 7) is 7.03. The molecule has 2 heterocycles. The van der Waals surface area contributed by atoms with Gasteiger partial charge < -0.3 is 10.2 Å². The van der Waals surface area contributed by atoms with E-state index in [4.69, 9.17) is 23.2 Å². The summed E-state index contributed by atoms with van der Waals surface area (Å²) in [5.41, 5.74) is 0.554. The molecule has 0 bridgehead atoms. The van der Waals surface area contributed by atoms with Gasteiger partial charge in [-0.05, 0) is 25.1 Å². The first kappa shape index (κ1) is 21.0. The monoisotopic (exact) mass is 417 g/mol. The van der Waals surface area contributed by atoms with Crippen LogP contribution in [0.15, 0.2) is 18.2 Å². The molecule has 2 aromatic rings. The highest BCUT2D eigenvalue weighted by Crippen LogP contribution is 2.30. The van der Waals surface area contributed by atoms with Crippen molar-refractivity contribution in [2.24, 2.45) is 0 Å². The average molecular weight is 419 g/mol. The zero-order valence-corrected chi connectivity index (χ0v) is 17.0. The van der Waals surface area contributed by atoms with Gasteiger partial charge >= 0.3 is 0 Å². The molecule has 0 unspecified atom stereocenters. The number of benzene rings is 1. The van der Waals surface area contributed by atoms with Crippen molar-refractivity contribution in [2.75, 3.05) is 26.2 Å². The standard InChI is InChI=1S/C17H21Cl2N5O.ClH/c1-11(2)16-21-15(17(25)23-9-4-7-20-8-10-23)22-24(16)14-12(18)5-3-6-13(14)19;/h3,5-6,11,20H,4,7-10H2,1-2H3;1H. The number of nitrogens with zero attached hydrogens (tertiary/aromatic N) is 4. The molecule has 0 atom stereocenters. The van der Waals surface area contributed by atoms with Gasteiger partial charge in [-0.1, -0.05) is 43.1 Å². The van der Waals surface area contributed by atoms with Crippen molar-refractivity contribution in [1.82, 2.24) is 25.0 Å². The lowest BCUT2D eigenvalue weighted by molar-refractivity contribution is 0.0754. The molecule has 1 fully saturated rings.